The quantitative estimate of drug-likeness (QED) is 0.265. The van der Waals surface area contributed by atoms with E-state index in [2.05, 4.69) is 39.1 Å². The van der Waals surface area contributed by atoms with Crippen LogP contribution < -0.4 is 20.7 Å². The van der Waals surface area contributed by atoms with E-state index < -0.39 is 0 Å². The van der Waals surface area contributed by atoms with Gasteiger partial charge in [0.2, 0.25) is 0 Å². The monoisotopic (exact) mass is 552 g/mol. The predicted molar refractivity (Wildman–Crippen MR) is 139 cm³/mol. The summed E-state index contributed by atoms with van der Waals surface area (Å²) in [5, 5.41) is 9.60. The number of carbonyl (C=O) groups excluding carboxylic acids is 1. The second kappa shape index (κ2) is 13.3. The Kier molecular flexibility index (Phi) is 10.8. The first-order valence-corrected chi connectivity index (χ1v) is 10.7. The maximum atomic E-state index is 12.2. The number of rotatable bonds is 8. The van der Waals surface area contributed by atoms with Crippen LogP contribution in [0.25, 0.3) is 0 Å². The Morgan fingerprint density at radius 1 is 1.19 bits per heavy atom. The summed E-state index contributed by atoms with van der Waals surface area (Å²) < 4.78 is 10.8. The highest BCUT2D eigenvalue weighted by atomic mass is 127. The van der Waals surface area contributed by atoms with E-state index in [0.29, 0.717) is 13.2 Å². The number of guanidine groups is 1. The normalized spacial score (nSPS) is 15.6. The van der Waals surface area contributed by atoms with Gasteiger partial charge in [-0.3, -0.25) is 9.79 Å². The van der Waals surface area contributed by atoms with Gasteiger partial charge in [-0.15, -0.1) is 24.0 Å². The van der Waals surface area contributed by atoms with Gasteiger partial charge in [0.15, 0.2) is 5.96 Å². The number of methoxy groups -OCH3 is 1. The van der Waals surface area contributed by atoms with Gasteiger partial charge in [0.05, 0.1) is 7.11 Å². The zero-order valence-corrected chi connectivity index (χ0v) is 21.3. The van der Waals surface area contributed by atoms with Gasteiger partial charge in [0.25, 0.3) is 5.91 Å². The van der Waals surface area contributed by atoms with Crippen LogP contribution in [0.2, 0.25) is 0 Å². The number of hydrogen-bond donors (Lipinski definition) is 3. The molecular weight excluding hydrogens is 519 g/mol. The number of nitrogens with one attached hydrogen (secondary N) is 3. The summed E-state index contributed by atoms with van der Waals surface area (Å²) in [5.74, 6) is 1.56. The lowest BCUT2D eigenvalue weighted by atomic mass is 10.1. The molecule has 0 saturated carbocycles. The van der Waals surface area contributed by atoms with Crippen molar-refractivity contribution in [3.05, 3.63) is 59.2 Å². The first-order valence-electron chi connectivity index (χ1n) is 10.7. The number of halogens is 1. The molecule has 1 fully saturated rings. The molecule has 0 aromatic heterocycles. The van der Waals surface area contributed by atoms with Crippen LogP contribution >= 0.6 is 24.0 Å². The Labute approximate surface area is 207 Å². The fourth-order valence-electron chi connectivity index (χ4n) is 3.52. The number of aryl methyl sites for hydroxylation is 1. The van der Waals surface area contributed by atoms with Crippen molar-refractivity contribution in [3.8, 4) is 5.75 Å². The molecule has 32 heavy (non-hydrogen) atoms. The van der Waals surface area contributed by atoms with Crippen LogP contribution in [0, 0.1) is 6.92 Å². The Morgan fingerprint density at radius 2 is 2.03 bits per heavy atom. The van der Waals surface area contributed by atoms with E-state index in [4.69, 9.17) is 9.47 Å². The van der Waals surface area contributed by atoms with Crippen LogP contribution in [0.15, 0.2) is 47.5 Å². The molecule has 1 amide bonds. The van der Waals surface area contributed by atoms with Gasteiger partial charge in [0.1, 0.15) is 11.9 Å². The van der Waals surface area contributed by atoms with Crippen molar-refractivity contribution in [1.29, 1.82) is 0 Å². The van der Waals surface area contributed by atoms with Crippen molar-refractivity contribution in [2.24, 2.45) is 4.99 Å². The zero-order chi connectivity index (χ0) is 22.1. The number of benzene rings is 2. The number of anilines is 1. The average molecular weight is 552 g/mol. The summed E-state index contributed by atoms with van der Waals surface area (Å²) in [6.45, 7) is 4.05. The average Bonchev–Trinajstić information content (AvgIpc) is 3.32. The van der Waals surface area contributed by atoms with Crippen LogP contribution in [0.4, 0.5) is 5.69 Å². The smallest absolute Gasteiger partial charge is 0.253 e. The zero-order valence-electron chi connectivity index (χ0n) is 18.9. The SMILES string of the molecule is CN=C(NCCc1ccc(C)c(OC)c1)NCc1cccc(NC(=O)C2CCCO2)c1.I. The first kappa shape index (κ1) is 25.9. The van der Waals surface area contributed by atoms with Crippen molar-refractivity contribution in [2.75, 3.05) is 32.6 Å². The minimum absolute atomic E-state index is 0. The molecule has 1 heterocycles. The maximum Gasteiger partial charge on any atom is 0.253 e. The van der Waals surface area contributed by atoms with Crippen molar-refractivity contribution >= 4 is 41.5 Å². The second-order valence-electron chi connectivity index (χ2n) is 7.60. The van der Waals surface area contributed by atoms with Crippen molar-refractivity contribution < 1.29 is 14.3 Å². The molecule has 1 aliphatic heterocycles. The fourth-order valence-corrected chi connectivity index (χ4v) is 3.52. The molecule has 1 atom stereocenters. The summed E-state index contributed by atoms with van der Waals surface area (Å²) in [7, 11) is 3.45. The van der Waals surface area contributed by atoms with E-state index in [1.54, 1.807) is 14.2 Å². The van der Waals surface area contributed by atoms with E-state index in [0.717, 1.165) is 54.3 Å². The lowest BCUT2D eigenvalue weighted by Crippen LogP contribution is -2.37. The van der Waals surface area contributed by atoms with Gasteiger partial charge in [0, 0.05) is 32.4 Å². The molecule has 2 aromatic rings. The van der Waals surface area contributed by atoms with Gasteiger partial charge in [-0.25, -0.2) is 0 Å². The van der Waals surface area contributed by atoms with Crippen LogP contribution in [-0.2, 0) is 22.5 Å². The van der Waals surface area contributed by atoms with E-state index in [1.807, 2.05) is 31.2 Å². The Morgan fingerprint density at radius 3 is 2.75 bits per heavy atom. The lowest BCUT2D eigenvalue weighted by molar-refractivity contribution is -0.124. The standard InChI is InChI=1S/C24H32N4O3.HI/c1-17-9-10-18(15-22(17)30-3)11-12-26-24(25-2)27-16-19-6-4-7-20(14-19)28-23(29)21-8-5-13-31-21;/h4,6-7,9-10,14-15,21H,5,8,11-13,16H2,1-3H3,(H,28,29)(H2,25,26,27);1H. The molecule has 8 heteroatoms. The second-order valence-corrected chi connectivity index (χ2v) is 7.60. The van der Waals surface area contributed by atoms with Crippen molar-refractivity contribution in [2.45, 2.75) is 38.8 Å². The molecule has 174 valence electrons. The Balaban J connectivity index is 0.00000363. The first-order chi connectivity index (χ1) is 15.1. The molecule has 7 nitrogen and oxygen atoms in total. The van der Waals surface area contributed by atoms with Crippen LogP contribution in [0.5, 0.6) is 5.75 Å². The highest BCUT2D eigenvalue weighted by molar-refractivity contribution is 14.0. The van der Waals surface area contributed by atoms with Gasteiger partial charge in [-0.05, 0) is 61.1 Å². The number of hydrogen-bond acceptors (Lipinski definition) is 4. The number of amides is 1. The molecule has 1 saturated heterocycles. The molecule has 3 rings (SSSR count). The molecule has 0 aliphatic carbocycles. The third kappa shape index (κ3) is 7.67. The number of aliphatic imine (C=N–C) groups is 1. The minimum atomic E-state index is -0.335. The lowest BCUT2D eigenvalue weighted by Gasteiger charge is -2.14. The fraction of sp³-hybridized carbons (Fsp3) is 0.417. The van der Waals surface area contributed by atoms with Gasteiger partial charge in [-0.1, -0.05) is 24.3 Å². The highest BCUT2D eigenvalue weighted by Gasteiger charge is 2.23. The molecule has 2 aromatic carbocycles. The number of ether oxygens (including phenoxy) is 2. The number of nitrogens with zero attached hydrogens (tertiary/aromatic N) is 1. The predicted octanol–water partition coefficient (Wildman–Crippen LogP) is 3.65. The maximum absolute atomic E-state index is 12.2. The number of carbonyl (C=O) groups is 1. The van der Waals surface area contributed by atoms with Crippen LogP contribution in [-0.4, -0.2) is 45.3 Å². The summed E-state index contributed by atoms with van der Waals surface area (Å²) >= 11 is 0. The molecule has 0 bridgehead atoms. The third-order valence-corrected chi connectivity index (χ3v) is 5.28. The third-order valence-electron chi connectivity index (χ3n) is 5.28. The van der Waals surface area contributed by atoms with E-state index in [1.165, 1.54) is 5.56 Å². The van der Waals surface area contributed by atoms with E-state index >= 15 is 0 Å². The van der Waals surface area contributed by atoms with E-state index in [-0.39, 0.29) is 36.0 Å². The highest BCUT2D eigenvalue weighted by Crippen LogP contribution is 2.19. The van der Waals surface area contributed by atoms with E-state index in [9.17, 15) is 4.79 Å². The topological polar surface area (TPSA) is 84.0 Å². The molecule has 1 aliphatic rings. The molecule has 0 spiro atoms. The minimum Gasteiger partial charge on any atom is -0.496 e. The summed E-state index contributed by atoms with van der Waals surface area (Å²) in [4.78, 5) is 16.5. The van der Waals surface area contributed by atoms with Crippen molar-refractivity contribution in [1.82, 2.24) is 10.6 Å². The summed E-state index contributed by atoms with van der Waals surface area (Å²) in [6.07, 6.45) is 2.25. The Bertz CT molecular complexity index is 914. The molecule has 1 unspecified atom stereocenters. The molecule has 0 radical (unpaired) electrons. The van der Waals surface area contributed by atoms with Crippen molar-refractivity contribution in [3.63, 3.8) is 0 Å². The van der Waals surface area contributed by atoms with Crippen LogP contribution in [0.3, 0.4) is 0 Å². The largest absolute Gasteiger partial charge is 0.496 e. The Hall–Kier alpha value is -2.33. The van der Waals surface area contributed by atoms with Gasteiger partial charge in [-0.2, -0.15) is 0 Å². The van der Waals surface area contributed by atoms with Gasteiger partial charge < -0.3 is 25.4 Å². The molecule has 3 N–H and O–H groups in total. The molecular formula is C24H33IN4O3. The van der Waals surface area contributed by atoms with Crippen LogP contribution in [0.1, 0.15) is 29.5 Å². The van der Waals surface area contributed by atoms with Gasteiger partial charge >= 0.3 is 0 Å². The summed E-state index contributed by atoms with van der Waals surface area (Å²) in [6, 6.07) is 14.1. The summed E-state index contributed by atoms with van der Waals surface area (Å²) in [5.41, 5.74) is 4.17.